The number of carboxylic acid groups (broad SMARTS) is 1. The highest BCUT2D eigenvalue weighted by atomic mass is 35.5. The molecule has 0 bridgehead atoms. The molecule has 2 atom stereocenters. The molecule has 4 rings (SSSR count). The Morgan fingerprint density at radius 1 is 1.03 bits per heavy atom. The number of halogens is 5. The van der Waals surface area contributed by atoms with Crippen molar-refractivity contribution in [1.82, 2.24) is 15.4 Å². The molecule has 4 aromatic rings. The maximum atomic E-state index is 13.1. The lowest BCUT2D eigenvalue weighted by molar-refractivity contribution is -0.586. The van der Waals surface area contributed by atoms with Crippen LogP contribution in [0.15, 0.2) is 60.7 Å². The number of benzene rings is 2. The van der Waals surface area contributed by atoms with Crippen molar-refractivity contribution in [2.75, 3.05) is 0 Å². The molecule has 0 saturated carbocycles. The van der Waals surface area contributed by atoms with Gasteiger partial charge in [-0.25, -0.2) is 5.10 Å². The molecule has 0 unspecified atom stereocenters. The predicted molar refractivity (Wildman–Crippen MR) is 139 cm³/mol. The lowest BCUT2D eigenvalue weighted by atomic mass is 9.86. The number of aliphatic carboxylic acids is 1. The van der Waals surface area contributed by atoms with Gasteiger partial charge in [-0.3, -0.25) is 4.79 Å². The summed E-state index contributed by atoms with van der Waals surface area (Å²) in [6, 6.07) is 19.2. The molecule has 0 saturated heterocycles. The van der Waals surface area contributed by atoms with E-state index in [1.807, 2.05) is 79.9 Å². The molecule has 206 valence electrons. The second-order valence-electron chi connectivity index (χ2n) is 8.94. The SMILES string of the molecule is Cc1cc(C)[n+]2[nH]c(C(=O)N[C@H](C)[C@H](Cc3ccc(Cl)cc3)c3ccc(Cl)cc3)cc2n1.O=C([O-])C(F)(F)F. The van der Waals surface area contributed by atoms with Gasteiger partial charge in [0.1, 0.15) is 17.4 Å². The Bertz CT molecular complexity index is 1460. The average Bonchev–Trinajstić information content (AvgIpc) is 3.29. The molecule has 0 spiro atoms. The highest BCUT2D eigenvalue weighted by Gasteiger charge is 2.29. The number of nitrogens with one attached hydrogen (secondary N) is 2. The molecule has 0 aliphatic rings. The van der Waals surface area contributed by atoms with Crippen LogP contribution in [0, 0.1) is 13.8 Å². The molecule has 0 aliphatic carbocycles. The van der Waals surface area contributed by atoms with Crippen LogP contribution in [0.5, 0.6) is 0 Å². The molecule has 2 aromatic carbocycles. The number of hydrogen-bond donors (Lipinski definition) is 2. The average molecular weight is 581 g/mol. The van der Waals surface area contributed by atoms with Crippen molar-refractivity contribution in [1.29, 1.82) is 0 Å². The number of aryl methyl sites for hydroxylation is 2. The van der Waals surface area contributed by atoms with E-state index >= 15 is 0 Å². The van der Waals surface area contributed by atoms with Gasteiger partial charge in [0.25, 0.3) is 5.91 Å². The van der Waals surface area contributed by atoms with Gasteiger partial charge in [-0.05, 0) is 53.7 Å². The molecular weight excluding hydrogens is 556 g/mol. The van der Waals surface area contributed by atoms with Crippen LogP contribution in [0.3, 0.4) is 0 Å². The fraction of sp³-hybridized carbons (Fsp3) is 0.259. The summed E-state index contributed by atoms with van der Waals surface area (Å²) < 4.78 is 33.4. The van der Waals surface area contributed by atoms with Gasteiger partial charge in [-0.1, -0.05) is 47.5 Å². The first kappa shape index (κ1) is 29.9. The van der Waals surface area contributed by atoms with E-state index < -0.39 is 12.1 Å². The van der Waals surface area contributed by atoms with Crippen LogP contribution in [0.1, 0.15) is 45.8 Å². The Labute approximate surface area is 232 Å². The topological polar surface area (TPSA) is 102 Å². The number of carbonyl (C=O) groups is 2. The van der Waals surface area contributed by atoms with Crippen LogP contribution in [0.4, 0.5) is 13.2 Å². The number of H-pyrrole nitrogens is 1. The Kier molecular flexibility index (Phi) is 9.58. The van der Waals surface area contributed by atoms with Gasteiger partial charge in [-0.15, -0.1) is 4.52 Å². The minimum Gasteiger partial charge on any atom is -0.542 e. The minimum atomic E-state index is -5.19. The summed E-state index contributed by atoms with van der Waals surface area (Å²) in [6.07, 6.45) is -4.44. The van der Waals surface area contributed by atoms with Crippen molar-refractivity contribution in [2.24, 2.45) is 0 Å². The van der Waals surface area contributed by atoms with Crippen LogP contribution in [0.25, 0.3) is 5.65 Å². The number of carbonyl (C=O) groups excluding carboxylic acids is 2. The van der Waals surface area contributed by atoms with Crippen LogP contribution < -0.4 is 14.9 Å². The molecule has 39 heavy (non-hydrogen) atoms. The van der Waals surface area contributed by atoms with E-state index in [9.17, 15) is 18.0 Å². The van der Waals surface area contributed by atoms with Crippen molar-refractivity contribution in [3.63, 3.8) is 0 Å². The van der Waals surface area contributed by atoms with E-state index in [0.717, 1.165) is 34.6 Å². The van der Waals surface area contributed by atoms with E-state index in [-0.39, 0.29) is 17.9 Å². The van der Waals surface area contributed by atoms with E-state index in [1.54, 1.807) is 6.07 Å². The standard InChI is InChI=1S/C25H24Cl2N4O.C2HF3O2/c1-15-12-16(2)31-24(28-15)14-23(30-31)25(32)29-17(3)22(19-6-10-21(27)11-7-19)13-18-4-8-20(26)9-5-18;3-2(4,5)1(6)7/h4-12,14,17,22H,13H2,1-3H3,(H,29,32);(H,6,7)/t17-,22+;/m1./s1. The van der Waals surface area contributed by atoms with E-state index in [0.29, 0.717) is 15.7 Å². The van der Waals surface area contributed by atoms with Gasteiger partial charge in [0.15, 0.2) is 5.69 Å². The van der Waals surface area contributed by atoms with Crippen LogP contribution in [0.2, 0.25) is 10.0 Å². The molecule has 2 aromatic heterocycles. The maximum Gasteiger partial charge on any atom is 0.430 e. The summed E-state index contributed by atoms with van der Waals surface area (Å²) in [6.45, 7) is 5.94. The number of rotatable bonds is 6. The highest BCUT2D eigenvalue weighted by Crippen LogP contribution is 2.27. The normalized spacial score (nSPS) is 12.8. The number of amides is 1. The quantitative estimate of drug-likeness (QED) is 0.327. The van der Waals surface area contributed by atoms with Gasteiger partial charge in [0, 0.05) is 41.9 Å². The summed E-state index contributed by atoms with van der Waals surface area (Å²) in [7, 11) is 0. The molecule has 7 nitrogen and oxygen atoms in total. The van der Waals surface area contributed by atoms with Crippen LogP contribution in [-0.4, -0.2) is 34.2 Å². The zero-order valence-corrected chi connectivity index (χ0v) is 22.7. The van der Waals surface area contributed by atoms with Gasteiger partial charge in [-0.2, -0.15) is 13.2 Å². The molecule has 2 N–H and O–H groups in total. The number of nitrogens with zero attached hydrogens (tertiary/aromatic N) is 2. The minimum absolute atomic E-state index is 0.0523. The molecular formula is C27H25Cl2F3N4O3. The Morgan fingerprint density at radius 3 is 2.10 bits per heavy atom. The fourth-order valence-corrected chi connectivity index (χ4v) is 4.26. The number of alkyl halides is 3. The second kappa shape index (κ2) is 12.5. The number of carboxylic acids is 1. The summed E-state index contributed by atoms with van der Waals surface area (Å²) in [4.78, 5) is 26.4. The Balaban J connectivity index is 0.000000532. The lowest BCUT2D eigenvalue weighted by Gasteiger charge is -2.25. The predicted octanol–water partition coefficient (Wildman–Crippen LogP) is 4.52. The first-order chi connectivity index (χ1) is 18.2. The van der Waals surface area contributed by atoms with Crippen LogP contribution in [-0.2, 0) is 11.2 Å². The third-order valence-electron chi connectivity index (χ3n) is 5.90. The van der Waals surface area contributed by atoms with Gasteiger partial charge < -0.3 is 15.2 Å². The van der Waals surface area contributed by atoms with Gasteiger partial charge in [0.2, 0.25) is 0 Å². The van der Waals surface area contributed by atoms with Gasteiger partial charge >= 0.3 is 11.8 Å². The van der Waals surface area contributed by atoms with Crippen molar-refractivity contribution < 1.29 is 32.4 Å². The second-order valence-corrected chi connectivity index (χ2v) is 9.81. The number of aromatic amines is 1. The van der Waals surface area contributed by atoms with Crippen molar-refractivity contribution in [3.05, 3.63) is 98.9 Å². The largest absolute Gasteiger partial charge is 0.542 e. The molecule has 2 heterocycles. The zero-order valence-electron chi connectivity index (χ0n) is 21.1. The molecule has 0 radical (unpaired) electrons. The first-order valence-corrected chi connectivity index (χ1v) is 12.5. The van der Waals surface area contributed by atoms with E-state index in [1.165, 1.54) is 0 Å². The zero-order chi connectivity index (χ0) is 28.9. The van der Waals surface area contributed by atoms with E-state index in [4.69, 9.17) is 33.1 Å². The molecule has 1 amide bonds. The lowest BCUT2D eigenvalue weighted by Crippen LogP contribution is -2.39. The third-order valence-corrected chi connectivity index (χ3v) is 6.41. The van der Waals surface area contributed by atoms with Gasteiger partial charge in [0.05, 0.1) is 6.07 Å². The summed E-state index contributed by atoms with van der Waals surface area (Å²) in [5.41, 5.74) is 5.34. The molecule has 0 aliphatic heterocycles. The smallest absolute Gasteiger partial charge is 0.430 e. The van der Waals surface area contributed by atoms with E-state index in [2.05, 4.69) is 15.4 Å². The van der Waals surface area contributed by atoms with Crippen molar-refractivity contribution >= 4 is 40.7 Å². The number of aromatic nitrogens is 3. The third kappa shape index (κ3) is 8.18. The number of hydrogen-bond acceptors (Lipinski definition) is 4. The maximum absolute atomic E-state index is 13.1. The first-order valence-electron chi connectivity index (χ1n) is 11.7. The molecule has 12 heteroatoms. The van der Waals surface area contributed by atoms with Crippen molar-refractivity contribution in [3.8, 4) is 0 Å². The fourth-order valence-electron chi connectivity index (χ4n) is 4.00. The summed E-state index contributed by atoms with van der Waals surface area (Å²) >= 11 is 12.2. The summed E-state index contributed by atoms with van der Waals surface area (Å²) in [5, 5.41) is 16.5. The summed E-state index contributed by atoms with van der Waals surface area (Å²) in [5.74, 6) is -3.13. The Morgan fingerprint density at radius 2 is 1.56 bits per heavy atom. The number of fused-ring (bicyclic) bond motifs is 1. The highest BCUT2D eigenvalue weighted by molar-refractivity contribution is 6.30. The van der Waals surface area contributed by atoms with Crippen molar-refractivity contribution in [2.45, 2.75) is 45.3 Å². The molecule has 0 fully saturated rings. The Hall–Kier alpha value is -3.63. The van der Waals surface area contributed by atoms with Crippen LogP contribution >= 0.6 is 23.2 Å². The monoisotopic (exact) mass is 580 g/mol.